The Labute approximate surface area is 275 Å². The Hall–Kier alpha value is -3.48. The maximum absolute atomic E-state index is 14.1. The second-order valence-electron chi connectivity index (χ2n) is 12.2. The predicted octanol–water partition coefficient (Wildman–Crippen LogP) is 3.65. The molecule has 2 aliphatic carbocycles. The largest absolute Gasteiger partial charge is 0.368 e. The Morgan fingerprint density at radius 3 is 2.64 bits per heavy atom. The van der Waals surface area contributed by atoms with Crippen LogP contribution >= 0.6 is 27.5 Å². The number of rotatable bonds is 7. The average Bonchev–Trinajstić information content (AvgIpc) is 3.49. The van der Waals surface area contributed by atoms with Gasteiger partial charge in [0.15, 0.2) is 0 Å². The zero-order valence-corrected chi connectivity index (χ0v) is 27.3. The molecule has 238 valence electrons. The number of aromatic amines is 1. The molecule has 0 spiro atoms. The van der Waals surface area contributed by atoms with Crippen LogP contribution in [0.3, 0.4) is 0 Å². The molecule has 0 bridgehead atoms. The Kier molecular flexibility index (Phi) is 9.72. The summed E-state index contributed by atoms with van der Waals surface area (Å²) < 4.78 is 0.903. The summed E-state index contributed by atoms with van der Waals surface area (Å²) in [5.74, 6) is -1.10. The summed E-state index contributed by atoms with van der Waals surface area (Å²) in [6.07, 6.45) is 11.8. The lowest BCUT2D eigenvalue weighted by atomic mass is 9.94. The van der Waals surface area contributed by atoms with Gasteiger partial charge in [0.25, 0.3) is 0 Å². The minimum Gasteiger partial charge on any atom is -0.368 e. The summed E-state index contributed by atoms with van der Waals surface area (Å²) in [6, 6.07) is 5.78. The molecule has 5 N–H and O–H groups in total. The number of benzene rings is 1. The lowest BCUT2D eigenvalue weighted by molar-refractivity contribution is -0.132. The number of primary amides is 1. The zero-order chi connectivity index (χ0) is 31.5. The van der Waals surface area contributed by atoms with Crippen molar-refractivity contribution in [3.8, 4) is 0 Å². The minimum atomic E-state index is -0.975. The molecule has 3 aliphatic rings. The van der Waals surface area contributed by atoms with Gasteiger partial charge < -0.3 is 26.3 Å². The average molecular weight is 698 g/mol. The standard InChI is InChI=1S/C32H38BrClN8O3/c33-21-12-20-7-6-19-13-22(34)8-9-25(19)29(28(20)37-15-21)41-10-11-42(32(45)39-23-4-2-1-3-5-23)27(17-41)31(44)40-26(30(35)43)14-24-16-36-18-38-24/h8-9,12-13,15-16,18,23,26-27,29H,1-7,10-11,14,17H2,(H2,35,43)(H,36,38)(H,39,45)(H,40,44)/t26-,27+,29?/m0/s1. The fourth-order valence-corrected chi connectivity index (χ4v) is 7.47. The summed E-state index contributed by atoms with van der Waals surface area (Å²) in [5.41, 5.74) is 10.7. The van der Waals surface area contributed by atoms with Gasteiger partial charge in [-0.15, -0.1) is 0 Å². The van der Waals surface area contributed by atoms with Crippen LogP contribution in [0, 0.1) is 0 Å². The van der Waals surface area contributed by atoms with Crippen molar-refractivity contribution >= 4 is 45.4 Å². The molecule has 1 saturated carbocycles. The van der Waals surface area contributed by atoms with E-state index in [1.807, 2.05) is 18.2 Å². The van der Waals surface area contributed by atoms with Crippen molar-refractivity contribution in [1.82, 2.24) is 35.4 Å². The Morgan fingerprint density at radius 1 is 1.09 bits per heavy atom. The highest BCUT2D eigenvalue weighted by molar-refractivity contribution is 9.10. The molecule has 45 heavy (non-hydrogen) atoms. The van der Waals surface area contributed by atoms with Gasteiger partial charge >= 0.3 is 6.03 Å². The van der Waals surface area contributed by atoms with Crippen molar-refractivity contribution in [1.29, 1.82) is 0 Å². The number of urea groups is 1. The van der Waals surface area contributed by atoms with E-state index in [1.54, 1.807) is 17.3 Å². The van der Waals surface area contributed by atoms with E-state index in [1.165, 1.54) is 12.7 Å². The number of halogens is 2. The van der Waals surface area contributed by atoms with E-state index in [-0.39, 0.29) is 31.1 Å². The number of piperazine rings is 1. The molecule has 3 atom stereocenters. The molecule has 3 heterocycles. The Bertz CT molecular complexity index is 1490. The predicted molar refractivity (Wildman–Crippen MR) is 174 cm³/mol. The number of H-pyrrole nitrogens is 1. The molecule has 3 aromatic rings. The summed E-state index contributed by atoms with van der Waals surface area (Å²) in [4.78, 5) is 56.0. The van der Waals surface area contributed by atoms with Gasteiger partial charge in [-0.2, -0.15) is 0 Å². The van der Waals surface area contributed by atoms with E-state index in [0.29, 0.717) is 23.8 Å². The number of nitrogens with one attached hydrogen (secondary N) is 3. The van der Waals surface area contributed by atoms with Crippen LogP contribution in [0.1, 0.15) is 66.2 Å². The lowest BCUT2D eigenvalue weighted by Gasteiger charge is -2.44. The van der Waals surface area contributed by atoms with Crippen LogP contribution in [0.25, 0.3) is 0 Å². The number of hydrogen-bond donors (Lipinski definition) is 4. The van der Waals surface area contributed by atoms with E-state index >= 15 is 0 Å². The van der Waals surface area contributed by atoms with Crippen LogP contribution in [-0.4, -0.2) is 80.4 Å². The molecule has 1 saturated heterocycles. The molecular formula is C32H38BrClN8O3. The molecule has 13 heteroatoms. The van der Waals surface area contributed by atoms with Crippen LogP contribution in [-0.2, 0) is 28.9 Å². The molecule has 6 rings (SSSR count). The maximum Gasteiger partial charge on any atom is 0.318 e. The van der Waals surface area contributed by atoms with Crippen LogP contribution < -0.4 is 16.4 Å². The van der Waals surface area contributed by atoms with E-state index in [2.05, 4.69) is 47.5 Å². The van der Waals surface area contributed by atoms with Gasteiger partial charge in [0.2, 0.25) is 11.8 Å². The SMILES string of the molecule is NC(=O)[C@H](Cc1cnc[nH]1)NC(=O)[C@H]1CN(C2c3ccc(Cl)cc3CCc3cc(Br)cnc32)CCN1C(=O)NC1CCCCC1. The van der Waals surface area contributed by atoms with E-state index in [4.69, 9.17) is 22.3 Å². The molecule has 4 amide bonds. The number of amides is 4. The highest BCUT2D eigenvalue weighted by Crippen LogP contribution is 2.38. The second kappa shape index (κ2) is 13.9. The molecule has 2 aromatic heterocycles. The molecule has 1 aromatic carbocycles. The normalized spacial score (nSPS) is 21.2. The third-order valence-corrected chi connectivity index (χ3v) is 9.87. The highest BCUT2D eigenvalue weighted by atomic mass is 79.9. The number of imidazole rings is 1. The third kappa shape index (κ3) is 7.18. The molecule has 11 nitrogen and oxygen atoms in total. The number of aromatic nitrogens is 3. The van der Waals surface area contributed by atoms with Crippen LogP contribution in [0.4, 0.5) is 4.79 Å². The number of fused-ring (bicyclic) bond motifs is 2. The van der Waals surface area contributed by atoms with Gasteiger partial charge in [0.05, 0.1) is 18.1 Å². The minimum absolute atomic E-state index is 0.0831. The number of pyridine rings is 1. The first-order valence-electron chi connectivity index (χ1n) is 15.6. The van der Waals surface area contributed by atoms with Crippen molar-refractivity contribution in [3.05, 3.63) is 80.6 Å². The first-order valence-corrected chi connectivity index (χ1v) is 16.7. The van der Waals surface area contributed by atoms with Gasteiger partial charge in [-0.05, 0) is 76.5 Å². The maximum atomic E-state index is 14.1. The quantitative estimate of drug-likeness (QED) is 0.296. The van der Waals surface area contributed by atoms with Crippen LogP contribution in [0.15, 0.2) is 47.5 Å². The molecule has 2 fully saturated rings. The fraction of sp³-hybridized carbons (Fsp3) is 0.469. The zero-order valence-electron chi connectivity index (χ0n) is 25.0. The van der Waals surface area contributed by atoms with Gasteiger partial charge in [-0.3, -0.25) is 19.5 Å². The molecular weight excluding hydrogens is 660 g/mol. The lowest BCUT2D eigenvalue weighted by Crippen LogP contribution is -2.65. The number of aryl methyl sites for hydroxylation is 2. The highest BCUT2D eigenvalue weighted by Gasteiger charge is 2.41. The van der Waals surface area contributed by atoms with Crippen LogP contribution in [0.5, 0.6) is 0 Å². The van der Waals surface area contributed by atoms with E-state index in [0.717, 1.165) is 65.4 Å². The van der Waals surface area contributed by atoms with E-state index in [9.17, 15) is 14.4 Å². The molecule has 1 unspecified atom stereocenters. The smallest absolute Gasteiger partial charge is 0.318 e. The van der Waals surface area contributed by atoms with Crippen molar-refractivity contribution in [3.63, 3.8) is 0 Å². The van der Waals surface area contributed by atoms with Gasteiger partial charge in [-0.25, -0.2) is 9.78 Å². The monoisotopic (exact) mass is 696 g/mol. The Balaban J connectivity index is 1.32. The fourth-order valence-electron chi connectivity index (χ4n) is 6.90. The second-order valence-corrected chi connectivity index (χ2v) is 13.5. The number of nitrogens with zero attached hydrogens (tertiary/aromatic N) is 4. The van der Waals surface area contributed by atoms with Gasteiger partial charge in [-0.1, -0.05) is 36.9 Å². The number of carbonyl (C=O) groups excluding carboxylic acids is 3. The summed E-state index contributed by atoms with van der Waals surface area (Å²) in [5, 5.41) is 6.71. The van der Waals surface area contributed by atoms with Gasteiger partial charge in [0, 0.05) is 59.7 Å². The topological polar surface area (TPSA) is 149 Å². The first kappa shape index (κ1) is 31.5. The van der Waals surface area contributed by atoms with Crippen LogP contribution in [0.2, 0.25) is 5.02 Å². The van der Waals surface area contributed by atoms with Crippen molar-refractivity contribution in [2.24, 2.45) is 5.73 Å². The first-order chi connectivity index (χ1) is 21.8. The molecule has 1 aliphatic heterocycles. The number of hydrogen-bond acceptors (Lipinski definition) is 6. The molecule has 0 radical (unpaired) electrons. The van der Waals surface area contributed by atoms with Crippen molar-refractivity contribution < 1.29 is 14.4 Å². The number of nitrogens with two attached hydrogens (primary N) is 1. The van der Waals surface area contributed by atoms with Crippen molar-refractivity contribution in [2.45, 2.75) is 75.5 Å². The van der Waals surface area contributed by atoms with E-state index < -0.39 is 23.9 Å². The van der Waals surface area contributed by atoms with Gasteiger partial charge in [0.1, 0.15) is 12.1 Å². The summed E-state index contributed by atoms with van der Waals surface area (Å²) >= 11 is 10.0. The summed E-state index contributed by atoms with van der Waals surface area (Å²) in [6.45, 7) is 1.09. The third-order valence-electron chi connectivity index (χ3n) is 9.20. The van der Waals surface area contributed by atoms with Crippen molar-refractivity contribution in [2.75, 3.05) is 19.6 Å². The summed E-state index contributed by atoms with van der Waals surface area (Å²) in [7, 11) is 0. The number of carbonyl (C=O) groups is 3. The Morgan fingerprint density at radius 2 is 1.89 bits per heavy atom.